The Labute approximate surface area is 199 Å². The van der Waals surface area contributed by atoms with E-state index in [1.807, 2.05) is 53.1 Å². The highest BCUT2D eigenvalue weighted by Gasteiger charge is 2.43. The molecule has 0 spiro atoms. The molecule has 0 N–H and O–H groups in total. The van der Waals surface area contributed by atoms with Gasteiger partial charge in [0, 0.05) is 60.3 Å². The maximum Gasteiger partial charge on any atom is 0.343 e. The van der Waals surface area contributed by atoms with Gasteiger partial charge >= 0.3 is 5.63 Å². The Bertz CT molecular complexity index is 1360. The van der Waals surface area contributed by atoms with E-state index in [1.54, 1.807) is 6.08 Å². The normalized spacial score (nSPS) is 14.7. The molecule has 0 radical (unpaired) electrons. The number of carboxylic acid groups (broad SMARTS) is 1. The molecule has 0 fully saturated rings. The van der Waals surface area contributed by atoms with Gasteiger partial charge in [-0.1, -0.05) is 18.2 Å². The van der Waals surface area contributed by atoms with Gasteiger partial charge in [-0.3, -0.25) is 0 Å². The smallest absolute Gasteiger partial charge is 0.343 e. The predicted octanol–water partition coefficient (Wildman–Crippen LogP) is 3.87. The van der Waals surface area contributed by atoms with Crippen molar-refractivity contribution in [2.24, 2.45) is 0 Å². The van der Waals surface area contributed by atoms with Crippen molar-refractivity contribution in [2.75, 3.05) is 24.5 Å². The number of aliphatic carboxylic acids is 1. The maximum atomic E-state index is 12.8. The molecule has 1 aliphatic rings. The first-order chi connectivity index (χ1) is 16.3. The van der Waals surface area contributed by atoms with Crippen LogP contribution in [0.4, 0.5) is 11.4 Å². The van der Waals surface area contributed by atoms with E-state index in [0.29, 0.717) is 17.7 Å². The minimum Gasteiger partial charge on any atom is -0.550 e. The van der Waals surface area contributed by atoms with Crippen molar-refractivity contribution in [3.05, 3.63) is 76.2 Å². The Kier molecular flexibility index (Phi) is 6.42. The van der Waals surface area contributed by atoms with Crippen LogP contribution in [0.1, 0.15) is 45.2 Å². The van der Waals surface area contributed by atoms with Gasteiger partial charge in [-0.15, -0.1) is 0 Å². The number of hydrogen-bond donors (Lipinski definition) is 0. The van der Waals surface area contributed by atoms with Crippen LogP contribution in [0.3, 0.4) is 0 Å². The number of rotatable bonds is 8. The monoisotopic (exact) mass is 458 g/mol. The molecule has 6 nitrogen and oxygen atoms in total. The van der Waals surface area contributed by atoms with Gasteiger partial charge in [0.2, 0.25) is 5.69 Å². The third kappa shape index (κ3) is 4.28. The number of carbonyl (C=O) groups excluding carboxylic acids is 1. The molecule has 4 rings (SSSR count). The van der Waals surface area contributed by atoms with Gasteiger partial charge in [-0.2, -0.15) is 4.58 Å². The third-order valence-corrected chi connectivity index (χ3v) is 6.63. The van der Waals surface area contributed by atoms with Gasteiger partial charge in [0.1, 0.15) is 5.58 Å². The number of carbonyl (C=O) groups is 1. The maximum absolute atomic E-state index is 12.8. The zero-order chi connectivity index (χ0) is 24.5. The third-order valence-electron chi connectivity index (χ3n) is 6.63. The van der Waals surface area contributed by atoms with Gasteiger partial charge in [0.25, 0.3) is 0 Å². The number of fused-ring (bicyclic) bond motifs is 2. The minimum atomic E-state index is -1.09. The standard InChI is InChI=1S/C28H30N2O4/c1-5-29(6-2)21-13-11-19-17-20(27(33)34-24(19)18-21)12-14-25-28(3,4)22-9-7-8-10-23(22)30(25)16-15-26(31)32/h7-14,17-18H,5-6,15-16H2,1-4H3. The number of benzene rings is 2. The molecule has 3 aromatic rings. The average molecular weight is 459 g/mol. The SMILES string of the molecule is CCN(CC)c1ccc2cc(/C=C/C3=[N+](CCC(=O)[O-])c4ccccc4C3(C)C)c(=O)oc2c1. The van der Waals surface area contributed by atoms with Crippen LogP contribution in [0.25, 0.3) is 17.0 Å². The highest BCUT2D eigenvalue weighted by Crippen LogP contribution is 2.40. The lowest BCUT2D eigenvalue weighted by atomic mass is 9.81. The fraction of sp³-hybridized carbons (Fsp3) is 0.321. The van der Waals surface area contributed by atoms with Crippen LogP contribution in [0.5, 0.6) is 0 Å². The molecular formula is C28H30N2O4. The van der Waals surface area contributed by atoms with Gasteiger partial charge in [-0.25, -0.2) is 4.79 Å². The molecule has 1 aromatic heterocycles. The van der Waals surface area contributed by atoms with Crippen LogP contribution in [0.15, 0.2) is 63.8 Å². The molecule has 176 valence electrons. The predicted molar refractivity (Wildman–Crippen MR) is 134 cm³/mol. The molecule has 34 heavy (non-hydrogen) atoms. The van der Waals surface area contributed by atoms with Crippen molar-refractivity contribution in [1.29, 1.82) is 0 Å². The average Bonchev–Trinajstić information content (AvgIpc) is 3.03. The van der Waals surface area contributed by atoms with Crippen LogP contribution >= 0.6 is 0 Å². The highest BCUT2D eigenvalue weighted by atomic mass is 16.4. The van der Waals surface area contributed by atoms with E-state index >= 15 is 0 Å². The second-order valence-corrected chi connectivity index (χ2v) is 9.02. The van der Waals surface area contributed by atoms with Crippen LogP contribution in [-0.4, -0.2) is 35.9 Å². The summed E-state index contributed by atoms with van der Waals surface area (Å²) in [6.45, 7) is 10.4. The van der Waals surface area contributed by atoms with Crippen molar-refractivity contribution in [1.82, 2.24) is 0 Å². The topological polar surface area (TPSA) is 76.6 Å². The molecule has 0 unspecified atom stereocenters. The van der Waals surface area contributed by atoms with E-state index in [-0.39, 0.29) is 11.8 Å². The van der Waals surface area contributed by atoms with Crippen LogP contribution in [0.2, 0.25) is 0 Å². The molecule has 0 aliphatic carbocycles. The molecule has 2 aromatic carbocycles. The Morgan fingerprint density at radius 1 is 1.09 bits per heavy atom. The van der Waals surface area contributed by atoms with Gasteiger partial charge in [0.15, 0.2) is 12.3 Å². The zero-order valence-electron chi connectivity index (χ0n) is 20.1. The molecule has 0 atom stereocenters. The Hall–Kier alpha value is -3.67. The molecular weight excluding hydrogens is 428 g/mol. The quantitative estimate of drug-likeness (QED) is 0.378. The van der Waals surface area contributed by atoms with E-state index in [0.717, 1.165) is 41.1 Å². The van der Waals surface area contributed by atoms with Crippen molar-refractivity contribution in [2.45, 2.75) is 39.5 Å². The number of para-hydroxylation sites is 1. The number of carboxylic acids is 1. The summed E-state index contributed by atoms with van der Waals surface area (Å²) in [5, 5.41) is 12.0. The summed E-state index contributed by atoms with van der Waals surface area (Å²) in [7, 11) is 0. The molecule has 0 amide bonds. The van der Waals surface area contributed by atoms with E-state index < -0.39 is 11.6 Å². The first kappa shape index (κ1) is 23.5. The fourth-order valence-electron chi connectivity index (χ4n) is 4.77. The van der Waals surface area contributed by atoms with Crippen molar-refractivity contribution < 1.29 is 18.9 Å². The number of allylic oxidation sites excluding steroid dienone is 1. The summed E-state index contributed by atoms with van der Waals surface area (Å²) in [6.07, 6.45) is 3.57. The molecule has 6 heteroatoms. The van der Waals surface area contributed by atoms with E-state index in [9.17, 15) is 14.7 Å². The highest BCUT2D eigenvalue weighted by molar-refractivity contribution is 6.05. The van der Waals surface area contributed by atoms with Gasteiger partial charge < -0.3 is 19.2 Å². The van der Waals surface area contributed by atoms with Crippen molar-refractivity contribution in [3.63, 3.8) is 0 Å². The second-order valence-electron chi connectivity index (χ2n) is 9.02. The summed E-state index contributed by atoms with van der Waals surface area (Å²) < 4.78 is 7.67. The summed E-state index contributed by atoms with van der Waals surface area (Å²) in [5.74, 6) is -1.09. The Balaban J connectivity index is 1.75. The van der Waals surface area contributed by atoms with Crippen LogP contribution in [0, 0.1) is 0 Å². The summed E-state index contributed by atoms with van der Waals surface area (Å²) >= 11 is 0. The minimum absolute atomic E-state index is 0.0886. The van der Waals surface area contributed by atoms with Gasteiger partial charge in [-0.05, 0) is 52.0 Å². The first-order valence-corrected chi connectivity index (χ1v) is 11.7. The molecule has 2 heterocycles. The van der Waals surface area contributed by atoms with Crippen molar-refractivity contribution in [3.8, 4) is 0 Å². The number of nitrogens with zero attached hydrogens (tertiary/aromatic N) is 2. The summed E-state index contributed by atoms with van der Waals surface area (Å²) in [4.78, 5) is 26.2. The van der Waals surface area contributed by atoms with E-state index in [1.165, 1.54) is 0 Å². The molecule has 0 saturated heterocycles. The second kappa shape index (κ2) is 9.29. The van der Waals surface area contributed by atoms with E-state index in [4.69, 9.17) is 4.42 Å². The van der Waals surface area contributed by atoms with Gasteiger partial charge in [0.05, 0.1) is 11.0 Å². The first-order valence-electron chi connectivity index (χ1n) is 11.7. The zero-order valence-corrected chi connectivity index (χ0v) is 20.1. The molecule has 0 saturated carbocycles. The fourth-order valence-corrected chi connectivity index (χ4v) is 4.77. The lowest BCUT2D eigenvalue weighted by molar-refractivity contribution is -0.439. The summed E-state index contributed by atoms with van der Waals surface area (Å²) in [6, 6.07) is 15.7. The molecule has 1 aliphatic heterocycles. The summed E-state index contributed by atoms with van der Waals surface area (Å²) in [5.41, 5.74) is 4.28. The number of anilines is 1. The molecule has 0 bridgehead atoms. The number of hydrogen-bond acceptors (Lipinski definition) is 5. The largest absolute Gasteiger partial charge is 0.550 e. The Morgan fingerprint density at radius 2 is 1.82 bits per heavy atom. The van der Waals surface area contributed by atoms with Crippen molar-refractivity contribution >= 4 is 40.1 Å². The Morgan fingerprint density at radius 3 is 2.53 bits per heavy atom. The lowest BCUT2D eigenvalue weighted by Crippen LogP contribution is -2.30. The van der Waals surface area contributed by atoms with E-state index in [2.05, 4.69) is 38.7 Å². The lowest BCUT2D eigenvalue weighted by Gasteiger charge is -2.20. The van der Waals surface area contributed by atoms with Crippen LogP contribution < -0.4 is 15.6 Å². The van der Waals surface area contributed by atoms with Crippen LogP contribution in [-0.2, 0) is 10.2 Å².